The summed E-state index contributed by atoms with van der Waals surface area (Å²) in [6.45, 7) is 8.76. The maximum atomic E-state index is 12.9. The molecule has 4 saturated heterocycles. The number of carbonyl (C=O) groups is 2. The third-order valence-electron chi connectivity index (χ3n) is 5.18. The molecule has 4 rings (SSSR count). The fourth-order valence-electron chi connectivity index (χ4n) is 3.72. The van der Waals surface area contributed by atoms with Crippen molar-refractivity contribution in [1.29, 1.82) is 0 Å². The molecule has 5 atom stereocenters. The van der Waals surface area contributed by atoms with Gasteiger partial charge in [-0.1, -0.05) is 0 Å². The van der Waals surface area contributed by atoms with Crippen LogP contribution in [-0.4, -0.2) is 74.2 Å². The SMILES string of the molecule is CC1(C)OCC([C@H]2O[C@H]3OC(C)(C)O[C@H]3[C@H]2OC(=O)C2(C)COC(=O)OC2)O1. The van der Waals surface area contributed by atoms with E-state index in [9.17, 15) is 9.59 Å². The molecule has 0 bridgehead atoms. The molecule has 0 spiro atoms. The number of esters is 1. The molecular formula is C18H26O10. The highest BCUT2D eigenvalue weighted by Gasteiger charge is 2.60. The summed E-state index contributed by atoms with van der Waals surface area (Å²) in [7, 11) is 0. The van der Waals surface area contributed by atoms with Crippen molar-refractivity contribution in [2.45, 2.75) is 76.9 Å². The summed E-state index contributed by atoms with van der Waals surface area (Å²) in [6, 6.07) is 0. The van der Waals surface area contributed by atoms with Gasteiger partial charge in [0.2, 0.25) is 0 Å². The smallest absolute Gasteiger partial charge is 0.456 e. The summed E-state index contributed by atoms with van der Waals surface area (Å²) in [6.07, 6.45) is -3.99. The van der Waals surface area contributed by atoms with Crippen molar-refractivity contribution < 1.29 is 47.5 Å². The maximum Gasteiger partial charge on any atom is 0.508 e. The zero-order chi connectivity index (χ0) is 20.3. The molecule has 0 N–H and O–H groups in total. The van der Waals surface area contributed by atoms with Gasteiger partial charge < -0.3 is 37.9 Å². The Hall–Kier alpha value is -1.46. The van der Waals surface area contributed by atoms with Crippen molar-refractivity contribution in [3.05, 3.63) is 0 Å². The van der Waals surface area contributed by atoms with E-state index >= 15 is 0 Å². The van der Waals surface area contributed by atoms with Gasteiger partial charge in [-0.25, -0.2) is 4.79 Å². The van der Waals surface area contributed by atoms with Gasteiger partial charge in [-0.2, -0.15) is 0 Å². The lowest BCUT2D eigenvalue weighted by Crippen LogP contribution is -2.50. The Labute approximate surface area is 162 Å². The van der Waals surface area contributed by atoms with Crippen LogP contribution in [0.2, 0.25) is 0 Å². The number of hydrogen-bond acceptors (Lipinski definition) is 10. The highest BCUT2D eigenvalue weighted by Crippen LogP contribution is 2.42. The van der Waals surface area contributed by atoms with Gasteiger partial charge in [0.05, 0.1) is 6.61 Å². The van der Waals surface area contributed by atoms with Crippen molar-refractivity contribution >= 4 is 12.1 Å². The fraction of sp³-hybridized carbons (Fsp3) is 0.889. The van der Waals surface area contributed by atoms with E-state index < -0.39 is 59.8 Å². The summed E-state index contributed by atoms with van der Waals surface area (Å²) in [5.74, 6) is -2.21. The van der Waals surface area contributed by atoms with Crippen molar-refractivity contribution in [3.8, 4) is 0 Å². The Kier molecular flexibility index (Phi) is 4.63. The van der Waals surface area contributed by atoms with Gasteiger partial charge in [0.1, 0.15) is 30.8 Å². The molecule has 0 aromatic carbocycles. The molecule has 0 aromatic rings. The number of ether oxygens (including phenoxy) is 8. The van der Waals surface area contributed by atoms with Gasteiger partial charge >= 0.3 is 12.1 Å². The van der Waals surface area contributed by atoms with Crippen LogP contribution >= 0.6 is 0 Å². The minimum atomic E-state index is -1.13. The van der Waals surface area contributed by atoms with Crippen molar-refractivity contribution in [1.82, 2.24) is 0 Å². The molecule has 0 aliphatic carbocycles. The maximum absolute atomic E-state index is 12.9. The van der Waals surface area contributed by atoms with Crippen LogP contribution < -0.4 is 0 Å². The van der Waals surface area contributed by atoms with Crippen LogP contribution in [-0.2, 0) is 42.7 Å². The largest absolute Gasteiger partial charge is 0.508 e. The molecular weight excluding hydrogens is 376 g/mol. The van der Waals surface area contributed by atoms with Crippen LogP contribution in [0.3, 0.4) is 0 Å². The molecule has 158 valence electrons. The first kappa shape index (κ1) is 19.8. The third kappa shape index (κ3) is 3.59. The van der Waals surface area contributed by atoms with Crippen LogP contribution in [0.4, 0.5) is 4.79 Å². The first-order valence-corrected chi connectivity index (χ1v) is 9.32. The van der Waals surface area contributed by atoms with Gasteiger partial charge in [-0.05, 0) is 34.6 Å². The summed E-state index contributed by atoms with van der Waals surface area (Å²) in [5, 5.41) is 0. The minimum absolute atomic E-state index is 0.129. The van der Waals surface area contributed by atoms with Crippen molar-refractivity contribution in [3.63, 3.8) is 0 Å². The first-order valence-electron chi connectivity index (χ1n) is 9.32. The molecule has 4 fully saturated rings. The molecule has 0 aromatic heterocycles. The van der Waals surface area contributed by atoms with E-state index in [0.29, 0.717) is 0 Å². The molecule has 1 unspecified atom stereocenters. The minimum Gasteiger partial charge on any atom is -0.456 e. The Balaban J connectivity index is 1.52. The topological polar surface area (TPSA) is 108 Å². The van der Waals surface area contributed by atoms with Gasteiger partial charge in [-0.3, -0.25) is 4.79 Å². The lowest BCUT2D eigenvalue weighted by atomic mass is 9.92. The summed E-state index contributed by atoms with van der Waals surface area (Å²) in [4.78, 5) is 24.0. The Bertz CT molecular complexity index is 649. The van der Waals surface area contributed by atoms with Crippen LogP contribution in [0.15, 0.2) is 0 Å². The molecule has 4 aliphatic rings. The highest BCUT2D eigenvalue weighted by atomic mass is 16.9. The van der Waals surface area contributed by atoms with Crippen molar-refractivity contribution in [2.75, 3.05) is 19.8 Å². The normalized spacial score (nSPS) is 40.5. The molecule has 0 amide bonds. The van der Waals surface area contributed by atoms with Gasteiger partial charge in [0, 0.05) is 0 Å². The molecule has 0 radical (unpaired) electrons. The predicted octanol–water partition coefficient (Wildman–Crippen LogP) is 1.10. The number of hydrogen-bond donors (Lipinski definition) is 0. The third-order valence-corrected chi connectivity index (χ3v) is 5.18. The molecule has 10 heteroatoms. The van der Waals surface area contributed by atoms with Crippen LogP contribution in [0.5, 0.6) is 0 Å². The average molecular weight is 402 g/mol. The van der Waals surface area contributed by atoms with E-state index in [-0.39, 0.29) is 19.8 Å². The molecule has 28 heavy (non-hydrogen) atoms. The van der Waals surface area contributed by atoms with Crippen molar-refractivity contribution in [2.24, 2.45) is 5.41 Å². The highest BCUT2D eigenvalue weighted by molar-refractivity contribution is 5.78. The zero-order valence-electron chi connectivity index (χ0n) is 16.6. The van der Waals surface area contributed by atoms with E-state index in [1.54, 1.807) is 34.6 Å². The van der Waals surface area contributed by atoms with E-state index in [1.165, 1.54) is 0 Å². The standard InChI is InChI=1S/C18H26O10/c1-16(2)23-6-9(26-16)10-11(12-13(24-10)28-17(3,4)27-12)25-14(19)18(5)7-21-15(20)22-8-18/h9-13H,6-8H2,1-5H3/t9?,10-,11+,12+,13+/m1/s1. The Morgan fingerprint density at radius 3 is 2.25 bits per heavy atom. The number of cyclic esters (lactones) is 2. The Morgan fingerprint density at radius 2 is 1.64 bits per heavy atom. The van der Waals surface area contributed by atoms with E-state index in [2.05, 4.69) is 0 Å². The summed E-state index contributed by atoms with van der Waals surface area (Å²) < 4.78 is 44.8. The molecule has 4 heterocycles. The van der Waals surface area contributed by atoms with Crippen LogP contribution in [0.25, 0.3) is 0 Å². The van der Waals surface area contributed by atoms with E-state index in [1.807, 2.05) is 0 Å². The van der Waals surface area contributed by atoms with Crippen LogP contribution in [0, 0.1) is 5.41 Å². The molecule has 10 nitrogen and oxygen atoms in total. The number of carbonyl (C=O) groups excluding carboxylic acids is 2. The second-order valence-electron chi connectivity index (χ2n) is 8.69. The monoisotopic (exact) mass is 402 g/mol. The second-order valence-corrected chi connectivity index (χ2v) is 8.69. The summed E-state index contributed by atoms with van der Waals surface area (Å²) >= 11 is 0. The van der Waals surface area contributed by atoms with E-state index in [4.69, 9.17) is 37.9 Å². The molecule has 0 saturated carbocycles. The predicted molar refractivity (Wildman–Crippen MR) is 88.9 cm³/mol. The van der Waals surface area contributed by atoms with Crippen LogP contribution in [0.1, 0.15) is 34.6 Å². The summed E-state index contributed by atoms with van der Waals surface area (Å²) in [5.41, 5.74) is -1.13. The number of rotatable bonds is 3. The lowest BCUT2D eigenvalue weighted by molar-refractivity contribution is -0.237. The Morgan fingerprint density at radius 1 is 0.964 bits per heavy atom. The van der Waals surface area contributed by atoms with Gasteiger partial charge in [0.15, 0.2) is 30.1 Å². The second kappa shape index (κ2) is 6.53. The van der Waals surface area contributed by atoms with Gasteiger partial charge in [-0.15, -0.1) is 0 Å². The van der Waals surface area contributed by atoms with Gasteiger partial charge in [0.25, 0.3) is 0 Å². The molecule has 4 aliphatic heterocycles. The quantitative estimate of drug-likeness (QED) is 0.637. The zero-order valence-corrected chi connectivity index (χ0v) is 16.6. The average Bonchev–Trinajstić information content (AvgIpc) is 3.20. The first-order chi connectivity index (χ1) is 13.0. The fourth-order valence-corrected chi connectivity index (χ4v) is 3.72. The number of fused-ring (bicyclic) bond motifs is 1. The van der Waals surface area contributed by atoms with E-state index in [0.717, 1.165) is 0 Å². The lowest BCUT2D eigenvalue weighted by Gasteiger charge is -2.33.